The molecular formula is C16H15FN2O. The van der Waals surface area contributed by atoms with Gasteiger partial charge in [-0.1, -0.05) is 29.8 Å². The van der Waals surface area contributed by atoms with Gasteiger partial charge in [0.05, 0.1) is 11.0 Å². The van der Waals surface area contributed by atoms with Gasteiger partial charge in [0.25, 0.3) is 0 Å². The molecule has 3 rings (SSSR count). The van der Waals surface area contributed by atoms with Gasteiger partial charge in [-0.05, 0) is 24.6 Å². The van der Waals surface area contributed by atoms with E-state index in [0.717, 1.165) is 11.1 Å². The number of aliphatic hydroxyl groups is 1. The van der Waals surface area contributed by atoms with E-state index in [2.05, 4.69) is 4.98 Å². The summed E-state index contributed by atoms with van der Waals surface area (Å²) in [6.45, 7) is 2.48. The van der Waals surface area contributed by atoms with E-state index in [4.69, 9.17) is 0 Å². The van der Waals surface area contributed by atoms with Crippen molar-refractivity contribution in [3.05, 3.63) is 65.2 Å². The van der Waals surface area contributed by atoms with Gasteiger partial charge in [-0.15, -0.1) is 0 Å². The Hall–Kier alpha value is -2.20. The van der Waals surface area contributed by atoms with Crippen molar-refractivity contribution in [1.82, 2.24) is 9.55 Å². The van der Waals surface area contributed by atoms with E-state index in [1.165, 1.54) is 17.7 Å². The van der Waals surface area contributed by atoms with Crippen LogP contribution in [-0.4, -0.2) is 14.7 Å². The third-order valence-electron chi connectivity index (χ3n) is 3.39. The topological polar surface area (TPSA) is 38.0 Å². The summed E-state index contributed by atoms with van der Waals surface area (Å²) in [6, 6.07) is 12.7. The molecule has 0 aliphatic rings. The van der Waals surface area contributed by atoms with E-state index in [0.29, 0.717) is 17.9 Å². The molecule has 0 amide bonds. The third kappa shape index (κ3) is 2.30. The maximum atomic E-state index is 13.2. The van der Waals surface area contributed by atoms with E-state index in [9.17, 15) is 9.50 Å². The van der Waals surface area contributed by atoms with Crippen LogP contribution in [-0.2, 0) is 13.2 Å². The quantitative estimate of drug-likeness (QED) is 0.794. The highest BCUT2D eigenvalue weighted by Crippen LogP contribution is 2.19. The van der Waals surface area contributed by atoms with Crippen LogP contribution in [0.15, 0.2) is 42.5 Å². The van der Waals surface area contributed by atoms with Crippen molar-refractivity contribution in [3.63, 3.8) is 0 Å². The summed E-state index contributed by atoms with van der Waals surface area (Å²) in [4.78, 5) is 4.28. The summed E-state index contributed by atoms with van der Waals surface area (Å²) < 4.78 is 15.2. The monoisotopic (exact) mass is 270 g/mol. The molecule has 1 N–H and O–H groups in total. The second kappa shape index (κ2) is 5.06. The molecule has 0 unspecified atom stereocenters. The number of hydrogen-bond acceptors (Lipinski definition) is 2. The van der Waals surface area contributed by atoms with Gasteiger partial charge in [-0.3, -0.25) is 0 Å². The minimum atomic E-state index is -0.318. The number of aryl methyl sites for hydroxylation is 1. The normalized spacial score (nSPS) is 11.2. The van der Waals surface area contributed by atoms with Gasteiger partial charge in [0.2, 0.25) is 0 Å². The first-order valence-corrected chi connectivity index (χ1v) is 6.48. The Morgan fingerprint density at radius 1 is 1.15 bits per heavy atom. The van der Waals surface area contributed by atoms with Crippen LogP contribution in [0.1, 0.15) is 17.0 Å². The fraction of sp³-hybridized carbons (Fsp3) is 0.188. The minimum Gasteiger partial charge on any atom is -0.388 e. The average molecular weight is 270 g/mol. The number of imidazole rings is 1. The molecule has 0 radical (unpaired) electrons. The van der Waals surface area contributed by atoms with Crippen molar-refractivity contribution < 1.29 is 9.50 Å². The first-order valence-electron chi connectivity index (χ1n) is 6.48. The average Bonchev–Trinajstić information content (AvgIpc) is 2.78. The molecule has 0 aliphatic carbocycles. The highest BCUT2D eigenvalue weighted by molar-refractivity contribution is 5.76. The standard InChI is InChI=1S/C16H15FN2O/c1-11-2-4-12(5-3-11)9-19-15-7-6-13(17)8-14(15)18-16(19)10-20/h2-8,20H,9-10H2,1H3. The number of hydrogen-bond donors (Lipinski definition) is 1. The number of nitrogens with zero attached hydrogens (tertiary/aromatic N) is 2. The molecule has 3 aromatic rings. The fourth-order valence-corrected chi connectivity index (χ4v) is 2.33. The predicted octanol–water partition coefficient (Wildman–Crippen LogP) is 3.02. The molecule has 0 saturated carbocycles. The van der Waals surface area contributed by atoms with Gasteiger partial charge in [0.1, 0.15) is 18.2 Å². The summed E-state index contributed by atoms with van der Waals surface area (Å²) in [6.07, 6.45) is 0. The predicted molar refractivity (Wildman–Crippen MR) is 75.9 cm³/mol. The molecule has 4 heteroatoms. The lowest BCUT2D eigenvalue weighted by Crippen LogP contribution is -2.05. The molecular weight excluding hydrogens is 255 g/mol. The molecule has 0 spiro atoms. The minimum absolute atomic E-state index is 0.165. The van der Waals surface area contributed by atoms with Crippen LogP contribution in [0.5, 0.6) is 0 Å². The maximum Gasteiger partial charge on any atom is 0.136 e. The van der Waals surface area contributed by atoms with Gasteiger partial charge in [0.15, 0.2) is 0 Å². The Balaban J connectivity index is 2.07. The zero-order valence-electron chi connectivity index (χ0n) is 11.2. The molecule has 20 heavy (non-hydrogen) atoms. The van der Waals surface area contributed by atoms with Crippen molar-refractivity contribution in [2.75, 3.05) is 0 Å². The van der Waals surface area contributed by atoms with Crippen LogP contribution >= 0.6 is 0 Å². The second-order valence-electron chi connectivity index (χ2n) is 4.89. The van der Waals surface area contributed by atoms with Crippen LogP contribution in [0.4, 0.5) is 4.39 Å². The molecule has 1 heterocycles. The summed E-state index contributed by atoms with van der Waals surface area (Å²) >= 11 is 0. The maximum absolute atomic E-state index is 13.2. The van der Waals surface area contributed by atoms with Gasteiger partial charge in [0, 0.05) is 12.6 Å². The van der Waals surface area contributed by atoms with Crippen LogP contribution < -0.4 is 0 Å². The van der Waals surface area contributed by atoms with Gasteiger partial charge < -0.3 is 9.67 Å². The van der Waals surface area contributed by atoms with Crippen molar-refractivity contribution in [3.8, 4) is 0 Å². The van der Waals surface area contributed by atoms with Gasteiger partial charge in [-0.25, -0.2) is 9.37 Å². The van der Waals surface area contributed by atoms with Gasteiger partial charge >= 0.3 is 0 Å². The number of aromatic nitrogens is 2. The van der Waals surface area contributed by atoms with E-state index in [1.807, 2.05) is 35.8 Å². The lowest BCUT2D eigenvalue weighted by atomic mass is 10.1. The molecule has 3 nitrogen and oxygen atoms in total. The SMILES string of the molecule is Cc1ccc(Cn2c(CO)nc3cc(F)ccc32)cc1. The molecule has 0 bridgehead atoms. The van der Waals surface area contributed by atoms with Gasteiger partial charge in [-0.2, -0.15) is 0 Å². The molecule has 0 atom stereocenters. The number of halogens is 1. The Kier molecular flexibility index (Phi) is 3.24. The summed E-state index contributed by atoms with van der Waals surface area (Å²) in [7, 11) is 0. The van der Waals surface area contributed by atoms with Crippen LogP contribution in [0.2, 0.25) is 0 Å². The first kappa shape index (κ1) is 12.8. The molecule has 2 aromatic carbocycles. The van der Waals surface area contributed by atoms with Crippen molar-refractivity contribution in [2.24, 2.45) is 0 Å². The first-order chi connectivity index (χ1) is 9.67. The number of benzene rings is 2. The van der Waals surface area contributed by atoms with E-state index < -0.39 is 0 Å². The molecule has 0 aliphatic heterocycles. The van der Waals surface area contributed by atoms with Crippen LogP contribution in [0.3, 0.4) is 0 Å². The van der Waals surface area contributed by atoms with Crippen molar-refractivity contribution in [1.29, 1.82) is 0 Å². The zero-order valence-corrected chi connectivity index (χ0v) is 11.2. The summed E-state index contributed by atoms with van der Waals surface area (Å²) in [5.74, 6) is 0.230. The van der Waals surface area contributed by atoms with Crippen molar-refractivity contribution >= 4 is 11.0 Å². The zero-order chi connectivity index (χ0) is 14.1. The smallest absolute Gasteiger partial charge is 0.136 e. The largest absolute Gasteiger partial charge is 0.388 e. The Labute approximate surface area is 116 Å². The highest BCUT2D eigenvalue weighted by atomic mass is 19.1. The van der Waals surface area contributed by atoms with Crippen LogP contribution in [0, 0.1) is 12.7 Å². The van der Waals surface area contributed by atoms with Crippen LogP contribution in [0.25, 0.3) is 11.0 Å². The number of rotatable bonds is 3. The Morgan fingerprint density at radius 2 is 1.90 bits per heavy atom. The Bertz CT molecular complexity index is 747. The van der Waals surface area contributed by atoms with Crippen molar-refractivity contribution in [2.45, 2.75) is 20.1 Å². The number of aliphatic hydroxyl groups excluding tert-OH is 1. The summed E-state index contributed by atoms with van der Waals surface area (Å²) in [5.41, 5.74) is 3.72. The molecule has 1 aromatic heterocycles. The molecule has 0 saturated heterocycles. The highest BCUT2D eigenvalue weighted by Gasteiger charge is 2.11. The fourth-order valence-electron chi connectivity index (χ4n) is 2.33. The molecule has 102 valence electrons. The summed E-state index contributed by atoms with van der Waals surface area (Å²) in [5, 5.41) is 9.43. The third-order valence-corrected chi connectivity index (χ3v) is 3.39. The van der Waals surface area contributed by atoms with E-state index in [-0.39, 0.29) is 12.4 Å². The van der Waals surface area contributed by atoms with E-state index in [1.54, 1.807) is 6.07 Å². The Morgan fingerprint density at radius 3 is 2.60 bits per heavy atom. The van der Waals surface area contributed by atoms with E-state index >= 15 is 0 Å². The lowest BCUT2D eigenvalue weighted by Gasteiger charge is -2.08. The molecule has 0 fully saturated rings. The lowest BCUT2D eigenvalue weighted by molar-refractivity contribution is 0.267. The second-order valence-corrected chi connectivity index (χ2v) is 4.89. The number of fused-ring (bicyclic) bond motifs is 1.